The molecule has 0 bridgehead atoms. The molecule has 0 radical (unpaired) electrons. The van der Waals surface area contributed by atoms with Gasteiger partial charge >= 0.3 is 0 Å². The number of thioether (sulfide) groups is 1. The van der Waals surface area contributed by atoms with Gasteiger partial charge in [-0.1, -0.05) is 29.5 Å². The molecule has 8 heteroatoms. The minimum absolute atomic E-state index is 0.0992. The van der Waals surface area contributed by atoms with Crippen LogP contribution in [-0.2, 0) is 18.4 Å². The third kappa shape index (κ3) is 5.30. The zero-order valence-corrected chi connectivity index (χ0v) is 15.9. The summed E-state index contributed by atoms with van der Waals surface area (Å²) in [5.74, 6) is 0.589. The molecule has 1 aromatic heterocycles. The minimum atomic E-state index is -0.276. The van der Waals surface area contributed by atoms with Crippen molar-refractivity contribution in [2.24, 2.45) is 7.05 Å². The largest absolute Gasteiger partial charge is 0.378 e. The van der Waals surface area contributed by atoms with Crippen molar-refractivity contribution in [3.05, 3.63) is 65.7 Å². The van der Waals surface area contributed by atoms with Crippen molar-refractivity contribution >= 4 is 29.0 Å². The van der Waals surface area contributed by atoms with Crippen molar-refractivity contribution in [2.45, 2.75) is 18.6 Å². The van der Waals surface area contributed by atoms with E-state index in [-0.39, 0.29) is 17.5 Å². The highest BCUT2D eigenvalue weighted by Crippen LogP contribution is 2.17. The van der Waals surface area contributed by atoms with Crippen LogP contribution in [0.5, 0.6) is 0 Å². The van der Waals surface area contributed by atoms with Crippen LogP contribution in [0.25, 0.3) is 0 Å². The van der Waals surface area contributed by atoms with Gasteiger partial charge in [-0.3, -0.25) is 4.79 Å². The Morgan fingerprint density at radius 2 is 1.74 bits per heavy atom. The molecule has 27 heavy (non-hydrogen) atoms. The SMILES string of the molecule is Cc1ccc(NC(=O)CSc2nnc(CNc3ccc(F)cc3)n2C)cc1. The molecule has 0 spiro atoms. The van der Waals surface area contributed by atoms with Crippen LogP contribution < -0.4 is 10.6 Å². The molecule has 1 amide bonds. The number of rotatable bonds is 7. The quantitative estimate of drug-likeness (QED) is 0.608. The predicted octanol–water partition coefficient (Wildman–Crippen LogP) is 3.61. The Morgan fingerprint density at radius 3 is 2.44 bits per heavy atom. The normalized spacial score (nSPS) is 10.6. The van der Waals surface area contributed by atoms with Gasteiger partial charge in [-0.25, -0.2) is 4.39 Å². The van der Waals surface area contributed by atoms with Gasteiger partial charge < -0.3 is 15.2 Å². The summed E-state index contributed by atoms with van der Waals surface area (Å²) in [5.41, 5.74) is 2.71. The van der Waals surface area contributed by atoms with Crippen molar-refractivity contribution in [3.63, 3.8) is 0 Å². The molecule has 0 fully saturated rings. The topological polar surface area (TPSA) is 71.8 Å². The molecule has 2 N–H and O–H groups in total. The lowest BCUT2D eigenvalue weighted by molar-refractivity contribution is -0.113. The number of aryl methyl sites for hydroxylation is 1. The van der Waals surface area contributed by atoms with Crippen molar-refractivity contribution in [1.82, 2.24) is 14.8 Å². The first kappa shape index (κ1) is 18.9. The zero-order chi connectivity index (χ0) is 19.2. The van der Waals surface area contributed by atoms with Gasteiger partial charge in [0.1, 0.15) is 5.82 Å². The summed E-state index contributed by atoms with van der Waals surface area (Å²) in [6, 6.07) is 13.8. The summed E-state index contributed by atoms with van der Waals surface area (Å²) >= 11 is 1.32. The van der Waals surface area contributed by atoms with Crippen molar-refractivity contribution in [3.8, 4) is 0 Å². The minimum Gasteiger partial charge on any atom is -0.378 e. The number of nitrogens with one attached hydrogen (secondary N) is 2. The summed E-state index contributed by atoms with van der Waals surface area (Å²) in [7, 11) is 1.85. The van der Waals surface area contributed by atoms with E-state index in [2.05, 4.69) is 20.8 Å². The Hall–Kier alpha value is -2.87. The summed E-state index contributed by atoms with van der Waals surface area (Å²) < 4.78 is 14.8. The fourth-order valence-electron chi connectivity index (χ4n) is 2.34. The standard InChI is InChI=1S/C19H20FN5OS/c1-13-3-7-16(8-4-13)22-18(26)12-27-19-24-23-17(25(19)2)11-21-15-9-5-14(20)6-10-15/h3-10,21H,11-12H2,1-2H3,(H,22,26). The lowest BCUT2D eigenvalue weighted by Gasteiger charge is -2.07. The molecule has 3 aromatic rings. The van der Waals surface area contributed by atoms with E-state index in [1.807, 2.05) is 42.8 Å². The molecule has 0 unspecified atom stereocenters. The molecular weight excluding hydrogens is 365 g/mol. The van der Waals surface area contributed by atoms with E-state index >= 15 is 0 Å². The van der Waals surface area contributed by atoms with Gasteiger partial charge in [-0.15, -0.1) is 10.2 Å². The maximum atomic E-state index is 12.9. The molecule has 0 aliphatic rings. The third-order valence-electron chi connectivity index (χ3n) is 3.89. The number of nitrogens with zero attached hydrogens (tertiary/aromatic N) is 3. The number of benzene rings is 2. The van der Waals surface area contributed by atoms with Crippen molar-refractivity contribution in [2.75, 3.05) is 16.4 Å². The van der Waals surface area contributed by atoms with E-state index in [0.717, 1.165) is 22.8 Å². The number of aromatic nitrogens is 3. The maximum absolute atomic E-state index is 12.9. The molecule has 0 aliphatic heterocycles. The van der Waals surface area contributed by atoms with E-state index in [4.69, 9.17) is 0 Å². The van der Waals surface area contributed by atoms with Crippen LogP contribution in [0.15, 0.2) is 53.7 Å². The fourth-order valence-corrected chi connectivity index (χ4v) is 3.07. The van der Waals surface area contributed by atoms with E-state index in [1.54, 1.807) is 12.1 Å². The Balaban J connectivity index is 1.51. The smallest absolute Gasteiger partial charge is 0.234 e. The number of halogens is 1. The van der Waals surface area contributed by atoms with E-state index in [9.17, 15) is 9.18 Å². The van der Waals surface area contributed by atoms with Crippen LogP contribution in [0.1, 0.15) is 11.4 Å². The Bertz CT molecular complexity index is 909. The summed E-state index contributed by atoms with van der Waals surface area (Å²) in [4.78, 5) is 12.1. The van der Waals surface area contributed by atoms with Crippen LogP contribution in [0.2, 0.25) is 0 Å². The number of hydrogen-bond donors (Lipinski definition) is 2. The van der Waals surface area contributed by atoms with Gasteiger partial charge in [0.2, 0.25) is 5.91 Å². The third-order valence-corrected chi connectivity index (χ3v) is 4.91. The van der Waals surface area contributed by atoms with Crippen LogP contribution in [-0.4, -0.2) is 26.4 Å². The van der Waals surface area contributed by atoms with E-state index in [1.165, 1.54) is 23.9 Å². The van der Waals surface area contributed by atoms with Crippen molar-refractivity contribution in [1.29, 1.82) is 0 Å². The monoisotopic (exact) mass is 385 g/mol. The van der Waals surface area contributed by atoms with Gasteiger partial charge in [-0.05, 0) is 43.3 Å². The zero-order valence-electron chi connectivity index (χ0n) is 15.1. The summed E-state index contributed by atoms with van der Waals surface area (Å²) in [6.07, 6.45) is 0. The van der Waals surface area contributed by atoms with Gasteiger partial charge in [0.05, 0.1) is 12.3 Å². The molecular formula is C19H20FN5OS. The number of anilines is 2. The van der Waals surface area contributed by atoms with E-state index in [0.29, 0.717) is 11.7 Å². The highest BCUT2D eigenvalue weighted by Gasteiger charge is 2.11. The first-order valence-electron chi connectivity index (χ1n) is 8.38. The molecule has 140 valence electrons. The highest BCUT2D eigenvalue weighted by molar-refractivity contribution is 7.99. The predicted molar refractivity (Wildman–Crippen MR) is 105 cm³/mol. The number of carbonyl (C=O) groups excluding carboxylic acids is 1. The second-order valence-electron chi connectivity index (χ2n) is 6.02. The summed E-state index contributed by atoms with van der Waals surface area (Å²) in [5, 5.41) is 15.0. The molecule has 0 saturated heterocycles. The Morgan fingerprint density at radius 1 is 1.07 bits per heavy atom. The molecule has 0 aliphatic carbocycles. The summed E-state index contributed by atoms with van der Waals surface area (Å²) in [6.45, 7) is 2.45. The average molecular weight is 385 g/mol. The Labute approximate surface area is 161 Å². The van der Waals surface area contributed by atoms with Gasteiger partial charge in [-0.2, -0.15) is 0 Å². The number of carbonyl (C=O) groups is 1. The van der Waals surface area contributed by atoms with Gasteiger partial charge in [0, 0.05) is 18.4 Å². The fraction of sp³-hybridized carbons (Fsp3) is 0.211. The maximum Gasteiger partial charge on any atom is 0.234 e. The molecule has 0 saturated carbocycles. The lowest BCUT2D eigenvalue weighted by atomic mass is 10.2. The van der Waals surface area contributed by atoms with Gasteiger partial charge in [0.25, 0.3) is 0 Å². The first-order valence-corrected chi connectivity index (χ1v) is 9.37. The molecule has 2 aromatic carbocycles. The van der Waals surface area contributed by atoms with Crippen LogP contribution in [0.3, 0.4) is 0 Å². The highest BCUT2D eigenvalue weighted by atomic mass is 32.2. The van der Waals surface area contributed by atoms with Gasteiger partial charge in [0.15, 0.2) is 11.0 Å². The molecule has 3 rings (SSSR count). The van der Waals surface area contributed by atoms with E-state index < -0.39 is 0 Å². The second kappa shape index (κ2) is 8.68. The Kier molecular flexibility index (Phi) is 6.08. The average Bonchev–Trinajstić information content (AvgIpc) is 3.01. The number of amides is 1. The van der Waals surface area contributed by atoms with Crippen LogP contribution >= 0.6 is 11.8 Å². The molecule has 6 nitrogen and oxygen atoms in total. The number of hydrogen-bond acceptors (Lipinski definition) is 5. The first-order chi connectivity index (χ1) is 13.0. The van der Waals surface area contributed by atoms with Crippen LogP contribution in [0.4, 0.5) is 15.8 Å². The second-order valence-corrected chi connectivity index (χ2v) is 6.96. The molecule has 1 heterocycles. The van der Waals surface area contributed by atoms with Crippen molar-refractivity contribution < 1.29 is 9.18 Å². The van der Waals surface area contributed by atoms with Crippen LogP contribution in [0, 0.1) is 12.7 Å². The molecule has 0 atom stereocenters. The lowest BCUT2D eigenvalue weighted by Crippen LogP contribution is -2.14.